The molecule has 0 spiro atoms. The van der Waals surface area contributed by atoms with Crippen molar-refractivity contribution in [1.82, 2.24) is 4.90 Å². The van der Waals surface area contributed by atoms with Crippen LogP contribution in [-0.2, 0) is 4.79 Å². The van der Waals surface area contributed by atoms with Crippen molar-refractivity contribution in [2.24, 2.45) is 0 Å². The molecule has 0 rings (SSSR count). The third kappa shape index (κ3) is 5.98. The number of carbonyl (C=O) groups excluding carboxylic acids is 1. The Labute approximate surface area is 67.4 Å². The van der Waals surface area contributed by atoms with Crippen molar-refractivity contribution in [1.29, 1.82) is 0 Å². The maximum Gasteiger partial charge on any atom is 0.143 e. The van der Waals surface area contributed by atoms with Crippen LogP contribution in [-0.4, -0.2) is 36.5 Å². The molecular weight excluding hydrogens is 145 g/mol. The van der Waals surface area contributed by atoms with Gasteiger partial charge >= 0.3 is 0 Å². The number of ketones is 1. The Morgan fingerprint density at radius 3 is 2.45 bits per heavy atom. The largest absolute Gasteiger partial charge is 0.299 e. The first kappa shape index (κ1) is 10.6. The minimum atomic E-state index is -0.853. The molecule has 0 aliphatic rings. The highest BCUT2D eigenvalue weighted by molar-refractivity contribution is 5.77. The van der Waals surface area contributed by atoms with E-state index in [9.17, 15) is 9.18 Å². The summed E-state index contributed by atoms with van der Waals surface area (Å²) in [7, 11) is 0. The summed E-state index contributed by atoms with van der Waals surface area (Å²) < 4.78 is 12.4. The molecule has 0 fully saturated rings. The van der Waals surface area contributed by atoms with Gasteiger partial charge in [0, 0.05) is 6.54 Å². The molecule has 0 unspecified atom stereocenters. The van der Waals surface area contributed by atoms with E-state index in [2.05, 4.69) is 0 Å². The lowest BCUT2D eigenvalue weighted by molar-refractivity contribution is -0.118. The highest BCUT2D eigenvalue weighted by atomic mass is 19.1. The van der Waals surface area contributed by atoms with Crippen LogP contribution in [0.3, 0.4) is 0 Å². The smallest absolute Gasteiger partial charge is 0.143 e. The molecule has 0 amide bonds. The van der Waals surface area contributed by atoms with Gasteiger partial charge in [0.05, 0.1) is 6.54 Å². The summed E-state index contributed by atoms with van der Waals surface area (Å²) in [5.41, 5.74) is 0. The van der Waals surface area contributed by atoms with Crippen LogP contribution in [0.5, 0.6) is 0 Å². The summed E-state index contributed by atoms with van der Waals surface area (Å²) in [4.78, 5) is 12.4. The molecule has 0 aromatic rings. The Bertz CT molecular complexity index is 125. The van der Waals surface area contributed by atoms with Gasteiger partial charge in [-0.3, -0.25) is 9.69 Å². The van der Waals surface area contributed by atoms with Crippen LogP contribution in [0.2, 0.25) is 0 Å². The molecule has 1 atom stereocenters. The number of Topliss-reactive ketones (excluding diaryl/α,β-unsaturated/α-hetero) is 1. The Morgan fingerprint density at radius 1 is 1.64 bits per heavy atom. The fourth-order valence-electron chi connectivity index (χ4n) is 0.976. The first-order valence-corrected chi connectivity index (χ1v) is 3.92. The summed E-state index contributed by atoms with van der Waals surface area (Å²) >= 11 is 0. The molecule has 3 heteroatoms. The average Bonchev–Trinajstić information content (AvgIpc) is 1.84. The summed E-state index contributed by atoms with van der Waals surface area (Å²) in [6.07, 6.45) is -0.853. The second-order valence-electron chi connectivity index (χ2n) is 2.81. The predicted molar refractivity (Wildman–Crippen MR) is 43.4 cm³/mol. The monoisotopic (exact) mass is 161 g/mol. The maximum atomic E-state index is 12.4. The number of halogens is 1. The number of hydrogen-bond acceptors (Lipinski definition) is 2. The minimum Gasteiger partial charge on any atom is -0.299 e. The topological polar surface area (TPSA) is 20.3 Å². The zero-order valence-corrected chi connectivity index (χ0v) is 7.43. The summed E-state index contributed by atoms with van der Waals surface area (Å²) in [6.45, 7) is 6.40. The fourth-order valence-corrected chi connectivity index (χ4v) is 0.976. The summed E-state index contributed by atoms with van der Waals surface area (Å²) in [5, 5.41) is 0. The van der Waals surface area contributed by atoms with Crippen LogP contribution in [0, 0.1) is 0 Å². The molecule has 66 valence electrons. The van der Waals surface area contributed by atoms with Crippen molar-refractivity contribution in [2.75, 3.05) is 19.6 Å². The van der Waals surface area contributed by atoms with Gasteiger partial charge in [-0.15, -0.1) is 0 Å². The van der Waals surface area contributed by atoms with E-state index in [0.717, 1.165) is 6.54 Å². The number of nitrogens with zero attached hydrogens (tertiary/aromatic N) is 1. The van der Waals surface area contributed by atoms with E-state index in [4.69, 9.17) is 0 Å². The quantitative estimate of drug-likeness (QED) is 0.605. The number of likely N-dealkylation sites (N-methyl/N-ethyl adjacent to an activating group) is 1. The van der Waals surface area contributed by atoms with Gasteiger partial charge < -0.3 is 0 Å². The highest BCUT2D eigenvalue weighted by Crippen LogP contribution is 1.95. The zero-order valence-electron chi connectivity index (χ0n) is 7.43. The van der Waals surface area contributed by atoms with Crippen molar-refractivity contribution in [3.63, 3.8) is 0 Å². The van der Waals surface area contributed by atoms with Crippen molar-refractivity contribution in [2.45, 2.75) is 26.9 Å². The second kappa shape index (κ2) is 5.24. The van der Waals surface area contributed by atoms with Gasteiger partial charge in [0.2, 0.25) is 0 Å². The van der Waals surface area contributed by atoms with Crippen molar-refractivity contribution in [3.8, 4) is 0 Å². The van der Waals surface area contributed by atoms with Gasteiger partial charge in [-0.25, -0.2) is 4.39 Å². The number of rotatable bonds is 5. The molecule has 0 aliphatic carbocycles. The number of hydrogen-bond donors (Lipinski definition) is 0. The predicted octanol–water partition coefficient (Wildman–Crippen LogP) is 1.26. The molecular formula is C8H16FNO. The molecule has 0 radical (unpaired) electrons. The van der Waals surface area contributed by atoms with E-state index < -0.39 is 6.17 Å². The Balaban J connectivity index is 3.66. The van der Waals surface area contributed by atoms with Gasteiger partial charge in [-0.05, 0) is 20.4 Å². The lowest BCUT2D eigenvalue weighted by Crippen LogP contribution is -2.33. The van der Waals surface area contributed by atoms with Crippen LogP contribution in [0.1, 0.15) is 20.8 Å². The second-order valence-corrected chi connectivity index (χ2v) is 2.81. The Morgan fingerprint density at radius 2 is 2.18 bits per heavy atom. The van der Waals surface area contributed by atoms with E-state index in [1.165, 1.54) is 13.8 Å². The zero-order chi connectivity index (χ0) is 8.85. The average molecular weight is 161 g/mol. The highest BCUT2D eigenvalue weighted by Gasteiger charge is 2.08. The number of carbonyl (C=O) groups is 1. The van der Waals surface area contributed by atoms with Crippen LogP contribution in [0.4, 0.5) is 4.39 Å². The van der Waals surface area contributed by atoms with E-state index in [1.54, 1.807) is 4.90 Å². The maximum absolute atomic E-state index is 12.4. The Kier molecular flexibility index (Phi) is 5.03. The van der Waals surface area contributed by atoms with E-state index >= 15 is 0 Å². The lowest BCUT2D eigenvalue weighted by Gasteiger charge is -2.18. The lowest BCUT2D eigenvalue weighted by atomic mass is 10.3. The summed E-state index contributed by atoms with van der Waals surface area (Å²) in [6, 6.07) is 0. The Hall–Kier alpha value is -0.440. The van der Waals surface area contributed by atoms with Crippen LogP contribution in [0.15, 0.2) is 0 Å². The SMILES string of the molecule is CCN(CC(C)=O)C[C@H](C)F. The molecule has 2 nitrogen and oxygen atoms in total. The minimum absolute atomic E-state index is 0.0903. The normalized spacial score (nSPS) is 13.5. The molecule has 0 bridgehead atoms. The van der Waals surface area contributed by atoms with E-state index in [1.807, 2.05) is 6.92 Å². The fraction of sp³-hybridized carbons (Fsp3) is 0.875. The van der Waals surface area contributed by atoms with Gasteiger partial charge in [0.25, 0.3) is 0 Å². The third-order valence-corrected chi connectivity index (χ3v) is 1.40. The molecule has 0 saturated carbocycles. The van der Waals surface area contributed by atoms with Gasteiger partial charge in [-0.1, -0.05) is 6.92 Å². The van der Waals surface area contributed by atoms with Crippen molar-refractivity contribution < 1.29 is 9.18 Å². The van der Waals surface area contributed by atoms with Gasteiger partial charge in [0.1, 0.15) is 12.0 Å². The first-order chi connectivity index (χ1) is 5.06. The van der Waals surface area contributed by atoms with Crippen LogP contribution >= 0.6 is 0 Å². The van der Waals surface area contributed by atoms with Gasteiger partial charge in [0.15, 0.2) is 0 Å². The first-order valence-electron chi connectivity index (χ1n) is 3.92. The molecule has 0 N–H and O–H groups in total. The van der Waals surface area contributed by atoms with Crippen molar-refractivity contribution >= 4 is 5.78 Å². The summed E-state index contributed by atoms with van der Waals surface area (Å²) in [5.74, 6) is 0.0903. The third-order valence-electron chi connectivity index (χ3n) is 1.40. The molecule has 0 saturated heterocycles. The molecule has 0 aliphatic heterocycles. The van der Waals surface area contributed by atoms with Crippen LogP contribution < -0.4 is 0 Å². The van der Waals surface area contributed by atoms with Crippen LogP contribution in [0.25, 0.3) is 0 Å². The molecule has 0 heterocycles. The number of alkyl halides is 1. The molecule has 0 aromatic carbocycles. The van der Waals surface area contributed by atoms with Gasteiger partial charge in [-0.2, -0.15) is 0 Å². The standard InChI is InChI=1S/C8H16FNO/c1-4-10(5-7(2)9)6-8(3)11/h7H,4-6H2,1-3H3/t7-/m0/s1. The van der Waals surface area contributed by atoms with Crippen molar-refractivity contribution in [3.05, 3.63) is 0 Å². The molecule has 11 heavy (non-hydrogen) atoms. The van der Waals surface area contributed by atoms with E-state index in [-0.39, 0.29) is 5.78 Å². The van der Waals surface area contributed by atoms with E-state index in [0.29, 0.717) is 13.1 Å². The molecule has 0 aromatic heterocycles.